The minimum Gasteiger partial charge on any atom is -0.388 e. The van der Waals surface area contributed by atoms with Crippen LogP contribution in [0, 0.1) is 0 Å². The second-order valence-corrected chi connectivity index (χ2v) is 3.38. The van der Waals surface area contributed by atoms with Gasteiger partial charge in [0.1, 0.15) is 12.7 Å². The lowest BCUT2D eigenvalue weighted by molar-refractivity contribution is -0.154. The maximum absolute atomic E-state index is 11.2. The van der Waals surface area contributed by atoms with E-state index in [0.29, 0.717) is 0 Å². The van der Waals surface area contributed by atoms with Gasteiger partial charge in [-0.15, -0.1) is 6.58 Å². The molecule has 0 radical (unpaired) electrons. The number of ketones is 1. The highest BCUT2D eigenvalue weighted by Crippen LogP contribution is 2.28. The van der Waals surface area contributed by atoms with E-state index in [1.807, 2.05) is 0 Å². The summed E-state index contributed by atoms with van der Waals surface area (Å²) in [7, 11) is 0. The zero-order valence-electron chi connectivity index (χ0n) is 7.82. The summed E-state index contributed by atoms with van der Waals surface area (Å²) >= 11 is 0. The SMILES string of the molecule is C=C[C@@H]1OC(C)(C)O[C@@H]1C(=O)CO. The van der Waals surface area contributed by atoms with Gasteiger partial charge in [-0.05, 0) is 13.8 Å². The number of hydrogen-bond acceptors (Lipinski definition) is 4. The summed E-state index contributed by atoms with van der Waals surface area (Å²) in [6.45, 7) is 6.44. The number of carbonyl (C=O) groups excluding carboxylic acids is 1. The zero-order chi connectivity index (χ0) is 10.1. The first-order chi connectivity index (χ1) is 6.00. The van der Waals surface area contributed by atoms with Crippen molar-refractivity contribution in [2.45, 2.75) is 31.8 Å². The van der Waals surface area contributed by atoms with E-state index in [0.717, 1.165) is 0 Å². The Bertz CT molecular complexity index is 222. The summed E-state index contributed by atoms with van der Waals surface area (Å²) in [5.74, 6) is -1.16. The molecule has 1 N–H and O–H groups in total. The van der Waals surface area contributed by atoms with Gasteiger partial charge < -0.3 is 14.6 Å². The summed E-state index contributed by atoms with van der Waals surface area (Å²) in [5, 5.41) is 8.66. The first-order valence-corrected chi connectivity index (χ1v) is 4.12. The van der Waals surface area contributed by atoms with Gasteiger partial charge in [0.2, 0.25) is 0 Å². The molecule has 0 aromatic carbocycles. The molecular formula is C9H14O4. The van der Waals surface area contributed by atoms with E-state index >= 15 is 0 Å². The fourth-order valence-electron chi connectivity index (χ4n) is 1.30. The van der Waals surface area contributed by atoms with Gasteiger partial charge in [-0.1, -0.05) is 6.08 Å². The number of hydrogen-bond donors (Lipinski definition) is 1. The van der Waals surface area contributed by atoms with Crippen molar-refractivity contribution in [3.8, 4) is 0 Å². The van der Waals surface area contributed by atoms with Crippen LogP contribution >= 0.6 is 0 Å². The Morgan fingerprint density at radius 3 is 2.69 bits per heavy atom. The van der Waals surface area contributed by atoms with Gasteiger partial charge in [-0.2, -0.15) is 0 Å². The normalized spacial score (nSPS) is 31.6. The highest BCUT2D eigenvalue weighted by atomic mass is 16.8. The van der Waals surface area contributed by atoms with Crippen molar-refractivity contribution in [2.75, 3.05) is 6.61 Å². The molecule has 4 heteroatoms. The van der Waals surface area contributed by atoms with Gasteiger partial charge in [0, 0.05) is 0 Å². The lowest BCUT2D eigenvalue weighted by atomic mass is 10.1. The van der Waals surface area contributed by atoms with Crippen LogP contribution in [-0.2, 0) is 14.3 Å². The van der Waals surface area contributed by atoms with Crippen LogP contribution in [0.5, 0.6) is 0 Å². The van der Waals surface area contributed by atoms with Crippen molar-refractivity contribution in [3.63, 3.8) is 0 Å². The van der Waals surface area contributed by atoms with Crippen molar-refractivity contribution in [3.05, 3.63) is 12.7 Å². The third-order valence-corrected chi connectivity index (χ3v) is 1.83. The van der Waals surface area contributed by atoms with Crippen molar-refractivity contribution < 1.29 is 19.4 Å². The van der Waals surface area contributed by atoms with Gasteiger partial charge in [0.05, 0.1) is 0 Å². The molecule has 2 atom stereocenters. The molecule has 0 spiro atoms. The van der Waals surface area contributed by atoms with Crippen LogP contribution in [0.4, 0.5) is 0 Å². The Morgan fingerprint density at radius 1 is 1.62 bits per heavy atom. The van der Waals surface area contributed by atoms with E-state index < -0.39 is 24.6 Å². The number of rotatable bonds is 3. The van der Waals surface area contributed by atoms with Crippen molar-refractivity contribution in [1.82, 2.24) is 0 Å². The average molecular weight is 186 g/mol. The molecule has 1 aliphatic rings. The smallest absolute Gasteiger partial charge is 0.189 e. The van der Waals surface area contributed by atoms with Gasteiger partial charge in [0.25, 0.3) is 0 Å². The Kier molecular flexibility index (Phi) is 2.85. The van der Waals surface area contributed by atoms with Crippen LogP contribution in [0.3, 0.4) is 0 Å². The van der Waals surface area contributed by atoms with Gasteiger partial charge in [0.15, 0.2) is 17.7 Å². The quantitative estimate of drug-likeness (QED) is 0.642. The minimum absolute atomic E-state index is 0.379. The summed E-state index contributed by atoms with van der Waals surface area (Å²) in [5.41, 5.74) is 0. The molecule has 4 nitrogen and oxygen atoms in total. The van der Waals surface area contributed by atoms with Crippen LogP contribution < -0.4 is 0 Å². The van der Waals surface area contributed by atoms with Crippen molar-refractivity contribution in [1.29, 1.82) is 0 Å². The van der Waals surface area contributed by atoms with Crippen LogP contribution in [0.15, 0.2) is 12.7 Å². The number of carbonyl (C=O) groups is 1. The minimum atomic E-state index is -0.783. The van der Waals surface area contributed by atoms with E-state index in [1.165, 1.54) is 6.08 Å². The summed E-state index contributed by atoms with van der Waals surface area (Å²) in [4.78, 5) is 11.2. The molecule has 0 aliphatic carbocycles. The summed E-state index contributed by atoms with van der Waals surface area (Å²) in [6, 6.07) is 0. The molecule has 74 valence electrons. The Balaban J connectivity index is 2.74. The van der Waals surface area contributed by atoms with Crippen molar-refractivity contribution in [2.24, 2.45) is 0 Å². The molecule has 1 aliphatic heterocycles. The van der Waals surface area contributed by atoms with E-state index in [4.69, 9.17) is 14.6 Å². The molecule has 0 aromatic heterocycles. The maximum atomic E-state index is 11.2. The summed E-state index contributed by atoms with van der Waals surface area (Å²) in [6.07, 6.45) is 0.319. The van der Waals surface area contributed by atoms with E-state index in [2.05, 4.69) is 6.58 Å². The molecule has 1 fully saturated rings. The predicted molar refractivity (Wildman–Crippen MR) is 46.1 cm³/mol. The molecule has 0 unspecified atom stereocenters. The number of aliphatic hydroxyl groups is 1. The Hall–Kier alpha value is -0.710. The van der Waals surface area contributed by atoms with Gasteiger partial charge >= 0.3 is 0 Å². The largest absolute Gasteiger partial charge is 0.388 e. The van der Waals surface area contributed by atoms with Crippen molar-refractivity contribution >= 4 is 5.78 Å². The summed E-state index contributed by atoms with van der Waals surface area (Å²) < 4.78 is 10.7. The maximum Gasteiger partial charge on any atom is 0.189 e. The molecule has 1 saturated heterocycles. The fraction of sp³-hybridized carbons (Fsp3) is 0.667. The monoisotopic (exact) mass is 186 g/mol. The molecule has 1 heterocycles. The van der Waals surface area contributed by atoms with Crippen LogP contribution in [0.25, 0.3) is 0 Å². The van der Waals surface area contributed by atoms with Gasteiger partial charge in [-0.3, -0.25) is 4.79 Å². The lowest BCUT2D eigenvalue weighted by Crippen LogP contribution is -2.32. The number of Topliss-reactive ketones (excluding diaryl/α,β-unsaturated/α-hetero) is 1. The second-order valence-electron chi connectivity index (χ2n) is 3.38. The number of aliphatic hydroxyl groups excluding tert-OH is 1. The molecule has 0 saturated carbocycles. The highest BCUT2D eigenvalue weighted by molar-refractivity contribution is 5.85. The highest BCUT2D eigenvalue weighted by Gasteiger charge is 2.43. The fourth-order valence-corrected chi connectivity index (χ4v) is 1.30. The Morgan fingerprint density at radius 2 is 2.23 bits per heavy atom. The second kappa shape index (κ2) is 3.57. The molecule has 13 heavy (non-hydrogen) atoms. The third kappa shape index (κ3) is 2.15. The van der Waals surface area contributed by atoms with E-state index in [-0.39, 0.29) is 5.78 Å². The lowest BCUT2D eigenvalue weighted by Gasteiger charge is -2.15. The van der Waals surface area contributed by atoms with E-state index in [9.17, 15) is 4.79 Å². The average Bonchev–Trinajstić information content (AvgIpc) is 2.39. The first-order valence-electron chi connectivity index (χ1n) is 4.12. The van der Waals surface area contributed by atoms with Crippen LogP contribution in [-0.4, -0.2) is 35.5 Å². The Labute approximate surface area is 77.1 Å². The predicted octanol–water partition coefficient (Wildman–Crippen LogP) is 0.254. The topological polar surface area (TPSA) is 55.8 Å². The molecule has 0 aromatic rings. The zero-order valence-corrected chi connectivity index (χ0v) is 7.82. The van der Waals surface area contributed by atoms with E-state index in [1.54, 1.807) is 13.8 Å². The third-order valence-electron chi connectivity index (χ3n) is 1.83. The van der Waals surface area contributed by atoms with Gasteiger partial charge in [-0.25, -0.2) is 0 Å². The molecule has 0 bridgehead atoms. The van der Waals surface area contributed by atoms with Crippen LogP contribution in [0.1, 0.15) is 13.8 Å². The molecular weight excluding hydrogens is 172 g/mol. The molecule has 0 amide bonds. The van der Waals surface area contributed by atoms with Crippen LogP contribution in [0.2, 0.25) is 0 Å². The standard InChI is InChI=1S/C9H14O4/c1-4-7-8(6(11)5-10)13-9(2,3)12-7/h4,7-8,10H,1,5H2,2-3H3/t7-,8+/m0/s1. The molecule has 1 rings (SSSR count). The first kappa shape index (κ1) is 10.4. The number of ether oxygens (including phenoxy) is 2.